The number of benzene rings is 1. The van der Waals surface area contributed by atoms with Crippen molar-refractivity contribution in [3.05, 3.63) is 48.0 Å². The average Bonchev–Trinajstić information content (AvgIpc) is 3.17. The monoisotopic (exact) mass is 275 g/mol. The normalized spacial score (nSPS) is 35.0. The van der Waals surface area contributed by atoms with Crippen LogP contribution in [0.5, 0.6) is 0 Å². The van der Waals surface area contributed by atoms with Gasteiger partial charge in [0.05, 0.1) is 0 Å². The van der Waals surface area contributed by atoms with E-state index in [9.17, 15) is 9.90 Å². The summed E-state index contributed by atoms with van der Waals surface area (Å²) in [4.78, 5) is 12.2. The standard InChI is InChI=1S/C15H17NO4/c1-14(18)8-7-12(20-14)15(10-16-15)13(17)19-9-11-5-3-2-4-6-11/h2-8,12,16,18H,9-10H2,1H3/t12-,14?,15-/m0/s1. The van der Waals surface area contributed by atoms with Crippen LogP contribution in [0, 0.1) is 0 Å². The Kier molecular flexibility index (Phi) is 3.12. The molecular weight excluding hydrogens is 258 g/mol. The van der Waals surface area contributed by atoms with Gasteiger partial charge in [-0.2, -0.15) is 0 Å². The van der Waals surface area contributed by atoms with Crippen molar-refractivity contribution in [3.8, 4) is 0 Å². The van der Waals surface area contributed by atoms with Crippen molar-refractivity contribution in [1.29, 1.82) is 0 Å². The Labute approximate surface area is 117 Å². The molecule has 1 aromatic rings. The van der Waals surface area contributed by atoms with Gasteiger partial charge in [-0.1, -0.05) is 36.4 Å². The van der Waals surface area contributed by atoms with E-state index in [-0.39, 0.29) is 12.6 Å². The minimum absolute atomic E-state index is 0.232. The third-order valence-corrected chi connectivity index (χ3v) is 3.57. The van der Waals surface area contributed by atoms with Crippen molar-refractivity contribution in [2.45, 2.75) is 31.0 Å². The Morgan fingerprint density at radius 3 is 2.75 bits per heavy atom. The molecule has 0 bridgehead atoms. The Morgan fingerprint density at radius 1 is 1.50 bits per heavy atom. The van der Waals surface area contributed by atoms with E-state index in [1.807, 2.05) is 30.3 Å². The van der Waals surface area contributed by atoms with Crippen LogP contribution in [0.3, 0.4) is 0 Å². The molecule has 2 heterocycles. The fourth-order valence-electron chi connectivity index (χ4n) is 2.28. The van der Waals surface area contributed by atoms with Gasteiger partial charge in [0, 0.05) is 6.54 Å². The molecule has 106 valence electrons. The molecule has 5 heteroatoms. The van der Waals surface area contributed by atoms with Crippen molar-refractivity contribution in [3.63, 3.8) is 0 Å². The Bertz CT molecular complexity index is 534. The van der Waals surface area contributed by atoms with Gasteiger partial charge in [-0.15, -0.1) is 0 Å². The summed E-state index contributed by atoms with van der Waals surface area (Å²) in [6.07, 6.45) is 2.74. The highest BCUT2D eigenvalue weighted by atomic mass is 16.6. The van der Waals surface area contributed by atoms with Gasteiger partial charge >= 0.3 is 5.97 Å². The number of nitrogens with one attached hydrogen (secondary N) is 1. The van der Waals surface area contributed by atoms with Gasteiger partial charge in [0.1, 0.15) is 12.7 Å². The summed E-state index contributed by atoms with van der Waals surface area (Å²) in [6, 6.07) is 9.51. The highest BCUT2D eigenvalue weighted by Crippen LogP contribution is 2.34. The SMILES string of the molecule is CC1(O)C=C[C@@H]([C@]2(C(=O)OCc3ccccc3)CN2)O1. The summed E-state index contributed by atoms with van der Waals surface area (Å²) in [5, 5.41) is 12.8. The van der Waals surface area contributed by atoms with Crippen LogP contribution in [0.1, 0.15) is 12.5 Å². The van der Waals surface area contributed by atoms with Crippen LogP contribution in [-0.2, 0) is 20.9 Å². The molecule has 2 N–H and O–H groups in total. The zero-order chi connectivity index (χ0) is 14.2. The number of carbonyl (C=O) groups is 1. The molecular formula is C15H17NO4. The van der Waals surface area contributed by atoms with Gasteiger partial charge in [-0.25, -0.2) is 4.79 Å². The van der Waals surface area contributed by atoms with Crippen LogP contribution in [0.15, 0.2) is 42.5 Å². The van der Waals surface area contributed by atoms with Crippen LogP contribution in [0.4, 0.5) is 0 Å². The van der Waals surface area contributed by atoms with E-state index in [1.54, 1.807) is 12.2 Å². The summed E-state index contributed by atoms with van der Waals surface area (Å²) in [5.41, 5.74) is 0.0812. The second-order valence-corrected chi connectivity index (χ2v) is 5.34. The maximum absolute atomic E-state index is 12.2. The maximum Gasteiger partial charge on any atom is 0.331 e. The third kappa shape index (κ3) is 2.47. The van der Waals surface area contributed by atoms with Crippen LogP contribution >= 0.6 is 0 Å². The lowest BCUT2D eigenvalue weighted by atomic mass is 10.0. The third-order valence-electron chi connectivity index (χ3n) is 3.57. The minimum atomic E-state index is -1.32. The first-order valence-corrected chi connectivity index (χ1v) is 6.58. The molecule has 0 spiro atoms. The lowest BCUT2D eigenvalue weighted by Crippen LogP contribution is -2.43. The quantitative estimate of drug-likeness (QED) is 0.481. The van der Waals surface area contributed by atoms with Crippen LogP contribution in [-0.4, -0.2) is 35.1 Å². The molecule has 3 atom stereocenters. The van der Waals surface area contributed by atoms with Crippen molar-refractivity contribution < 1.29 is 19.4 Å². The Balaban J connectivity index is 1.62. The molecule has 0 saturated carbocycles. The van der Waals surface area contributed by atoms with Crippen LogP contribution < -0.4 is 5.32 Å². The van der Waals surface area contributed by atoms with E-state index in [4.69, 9.17) is 9.47 Å². The lowest BCUT2D eigenvalue weighted by Gasteiger charge is -2.23. The lowest BCUT2D eigenvalue weighted by molar-refractivity contribution is -0.176. The van der Waals surface area contributed by atoms with Crippen LogP contribution in [0.2, 0.25) is 0 Å². The maximum atomic E-state index is 12.2. The summed E-state index contributed by atoms with van der Waals surface area (Å²) in [6.45, 7) is 2.26. The fourth-order valence-corrected chi connectivity index (χ4v) is 2.28. The number of ether oxygens (including phenoxy) is 2. The number of hydrogen-bond donors (Lipinski definition) is 2. The van der Waals surface area contributed by atoms with E-state index in [0.29, 0.717) is 6.54 Å². The van der Waals surface area contributed by atoms with Gasteiger partial charge < -0.3 is 14.6 Å². The van der Waals surface area contributed by atoms with Crippen molar-refractivity contribution in [1.82, 2.24) is 5.32 Å². The first kappa shape index (κ1) is 13.3. The second kappa shape index (κ2) is 4.70. The molecule has 0 aliphatic carbocycles. The van der Waals surface area contributed by atoms with Crippen molar-refractivity contribution >= 4 is 5.97 Å². The highest BCUT2D eigenvalue weighted by Gasteiger charge is 2.59. The number of hydrogen-bond acceptors (Lipinski definition) is 5. The summed E-state index contributed by atoms with van der Waals surface area (Å²) < 4.78 is 10.8. The molecule has 3 rings (SSSR count). The molecule has 2 aliphatic heterocycles. The molecule has 1 aromatic carbocycles. The zero-order valence-corrected chi connectivity index (χ0v) is 11.2. The predicted octanol–water partition coefficient (Wildman–Crippen LogP) is 0.735. The second-order valence-electron chi connectivity index (χ2n) is 5.34. The Morgan fingerprint density at radius 2 is 2.20 bits per heavy atom. The fraction of sp³-hybridized carbons (Fsp3) is 0.400. The molecule has 1 unspecified atom stereocenters. The minimum Gasteiger partial charge on any atom is -0.459 e. The molecule has 2 aliphatic rings. The average molecular weight is 275 g/mol. The van der Waals surface area contributed by atoms with Crippen molar-refractivity contribution in [2.24, 2.45) is 0 Å². The number of aliphatic hydroxyl groups is 1. The van der Waals surface area contributed by atoms with E-state index in [2.05, 4.69) is 5.32 Å². The number of rotatable bonds is 4. The molecule has 0 radical (unpaired) electrons. The largest absolute Gasteiger partial charge is 0.459 e. The number of carbonyl (C=O) groups excluding carboxylic acids is 1. The molecule has 5 nitrogen and oxygen atoms in total. The summed E-state index contributed by atoms with van der Waals surface area (Å²) in [5.74, 6) is -1.67. The van der Waals surface area contributed by atoms with Gasteiger partial charge in [0.2, 0.25) is 0 Å². The van der Waals surface area contributed by atoms with E-state index in [0.717, 1.165) is 5.56 Å². The van der Waals surface area contributed by atoms with Crippen LogP contribution in [0.25, 0.3) is 0 Å². The van der Waals surface area contributed by atoms with Crippen molar-refractivity contribution in [2.75, 3.05) is 6.54 Å². The smallest absolute Gasteiger partial charge is 0.331 e. The first-order valence-electron chi connectivity index (χ1n) is 6.58. The zero-order valence-electron chi connectivity index (χ0n) is 11.2. The summed E-state index contributed by atoms with van der Waals surface area (Å²) >= 11 is 0. The molecule has 1 saturated heterocycles. The topological polar surface area (TPSA) is 77.7 Å². The van der Waals surface area contributed by atoms with E-state index in [1.165, 1.54) is 6.92 Å². The molecule has 0 amide bonds. The summed E-state index contributed by atoms with van der Waals surface area (Å²) in [7, 11) is 0. The van der Waals surface area contributed by atoms with Gasteiger partial charge in [0.25, 0.3) is 0 Å². The van der Waals surface area contributed by atoms with Gasteiger partial charge in [-0.3, -0.25) is 5.32 Å². The first-order chi connectivity index (χ1) is 9.52. The van der Waals surface area contributed by atoms with Gasteiger partial charge in [0.15, 0.2) is 11.3 Å². The van der Waals surface area contributed by atoms with Gasteiger partial charge in [-0.05, 0) is 18.6 Å². The molecule has 0 aromatic heterocycles. The van der Waals surface area contributed by atoms with E-state index >= 15 is 0 Å². The Hall–Kier alpha value is -1.69. The number of esters is 1. The van der Waals surface area contributed by atoms with E-state index < -0.39 is 17.4 Å². The molecule has 20 heavy (non-hydrogen) atoms. The predicted molar refractivity (Wildman–Crippen MR) is 71.6 cm³/mol. The highest BCUT2D eigenvalue weighted by molar-refractivity contribution is 5.86. The molecule has 1 fully saturated rings.